The van der Waals surface area contributed by atoms with Crippen LogP contribution in [0.2, 0.25) is 0 Å². The van der Waals surface area contributed by atoms with E-state index in [0.717, 1.165) is 36.5 Å². The van der Waals surface area contributed by atoms with Crippen molar-refractivity contribution in [3.8, 4) is 11.3 Å². The fraction of sp³-hybridized carbons (Fsp3) is 0.438. The largest absolute Gasteiger partial charge is 0.383 e. The van der Waals surface area contributed by atoms with E-state index in [2.05, 4.69) is 44.8 Å². The van der Waals surface area contributed by atoms with Crippen LogP contribution < -0.4 is 5.73 Å². The van der Waals surface area contributed by atoms with Crippen molar-refractivity contribution in [2.75, 3.05) is 5.73 Å². The zero-order valence-corrected chi connectivity index (χ0v) is 12.3. The highest BCUT2D eigenvalue weighted by Crippen LogP contribution is 2.29. The number of hydrogen-bond donors (Lipinski definition) is 1. The highest BCUT2D eigenvalue weighted by atomic mass is 15.1. The fourth-order valence-electron chi connectivity index (χ4n) is 2.32. The number of nitrogens with two attached hydrogens (primary N) is 1. The Labute approximate surface area is 115 Å². The molecule has 1 aromatic carbocycles. The van der Waals surface area contributed by atoms with Crippen molar-refractivity contribution >= 4 is 5.82 Å². The Balaban J connectivity index is 2.42. The molecule has 0 saturated carbocycles. The van der Waals surface area contributed by atoms with Gasteiger partial charge >= 0.3 is 0 Å². The van der Waals surface area contributed by atoms with Gasteiger partial charge in [0.15, 0.2) is 0 Å². The maximum Gasteiger partial charge on any atom is 0.131 e. The van der Waals surface area contributed by atoms with Gasteiger partial charge in [0.05, 0.1) is 6.33 Å². The number of nitrogens with zero attached hydrogens (tertiary/aromatic N) is 2. The normalized spacial score (nSPS) is 10.9. The summed E-state index contributed by atoms with van der Waals surface area (Å²) in [6.45, 7) is 9.50. The molecule has 0 unspecified atom stereocenters. The van der Waals surface area contributed by atoms with Crippen LogP contribution in [0.1, 0.15) is 36.5 Å². The van der Waals surface area contributed by atoms with Gasteiger partial charge in [0, 0.05) is 12.1 Å². The number of aryl methyl sites for hydroxylation is 4. The zero-order chi connectivity index (χ0) is 14.0. The minimum atomic E-state index is 0.778. The molecule has 19 heavy (non-hydrogen) atoms. The van der Waals surface area contributed by atoms with Crippen molar-refractivity contribution < 1.29 is 0 Å². The minimum Gasteiger partial charge on any atom is -0.383 e. The topological polar surface area (TPSA) is 43.8 Å². The molecule has 102 valence electrons. The SMILES string of the molecule is CCCCn1cnc(-c2cc(C)c(C)cc2C)c1N. The Morgan fingerprint density at radius 2 is 1.79 bits per heavy atom. The van der Waals surface area contributed by atoms with Crippen LogP contribution in [-0.4, -0.2) is 9.55 Å². The molecule has 2 rings (SSSR count). The van der Waals surface area contributed by atoms with Crippen LogP contribution in [0.4, 0.5) is 5.82 Å². The summed E-state index contributed by atoms with van der Waals surface area (Å²) in [5.41, 5.74) is 12.1. The van der Waals surface area contributed by atoms with Crippen molar-refractivity contribution in [2.45, 2.75) is 47.1 Å². The smallest absolute Gasteiger partial charge is 0.131 e. The van der Waals surface area contributed by atoms with Crippen molar-refractivity contribution in [3.05, 3.63) is 35.2 Å². The van der Waals surface area contributed by atoms with Gasteiger partial charge < -0.3 is 10.3 Å². The average molecular weight is 257 g/mol. The van der Waals surface area contributed by atoms with Gasteiger partial charge in [0.25, 0.3) is 0 Å². The van der Waals surface area contributed by atoms with E-state index in [0.29, 0.717) is 0 Å². The third kappa shape index (κ3) is 2.65. The minimum absolute atomic E-state index is 0.778. The lowest BCUT2D eigenvalue weighted by Crippen LogP contribution is -2.02. The molecule has 0 bridgehead atoms. The first-order valence-electron chi connectivity index (χ1n) is 6.93. The predicted octanol–water partition coefficient (Wildman–Crippen LogP) is 3.86. The third-order valence-corrected chi connectivity index (χ3v) is 3.73. The summed E-state index contributed by atoms with van der Waals surface area (Å²) in [7, 11) is 0. The summed E-state index contributed by atoms with van der Waals surface area (Å²) >= 11 is 0. The van der Waals surface area contributed by atoms with Gasteiger partial charge in [-0.2, -0.15) is 0 Å². The van der Waals surface area contributed by atoms with Crippen LogP contribution in [0.5, 0.6) is 0 Å². The van der Waals surface area contributed by atoms with E-state index in [1.54, 1.807) is 0 Å². The molecule has 1 aromatic heterocycles. The summed E-state index contributed by atoms with van der Waals surface area (Å²) < 4.78 is 2.05. The molecular weight excluding hydrogens is 234 g/mol. The molecule has 2 N–H and O–H groups in total. The van der Waals surface area contributed by atoms with Crippen LogP contribution in [0.25, 0.3) is 11.3 Å². The van der Waals surface area contributed by atoms with Gasteiger partial charge in [0.2, 0.25) is 0 Å². The Morgan fingerprint density at radius 3 is 2.47 bits per heavy atom. The lowest BCUT2D eigenvalue weighted by atomic mass is 9.99. The number of unbranched alkanes of at least 4 members (excludes halogenated alkanes) is 1. The molecule has 0 aliphatic rings. The standard InChI is InChI=1S/C16H23N3/c1-5-6-7-19-10-18-15(16(19)17)14-9-12(3)11(2)8-13(14)4/h8-10H,5-7,17H2,1-4H3. The predicted molar refractivity (Wildman–Crippen MR) is 81.2 cm³/mol. The molecule has 0 saturated heterocycles. The number of nitrogen functional groups attached to an aromatic ring is 1. The number of imidazole rings is 1. The molecule has 0 aliphatic heterocycles. The van der Waals surface area contributed by atoms with Gasteiger partial charge in [0.1, 0.15) is 11.5 Å². The Morgan fingerprint density at radius 1 is 1.11 bits per heavy atom. The van der Waals surface area contributed by atoms with Crippen LogP contribution in [0.3, 0.4) is 0 Å². The van der Waals surface area contributed by atoms with Gasteiger partial charge in [-0.3, -0.25) is 0 Å². The summed E-state index contributed by atoms with van der Waals surface area (Å²) in [6, 6.07) is 4.39. The number of anilines is 1. The van der Waals surface area contributed by atoms with Crippen LogP contribution in [0.15, 0.2) is 18.5 Å². The second-order valence-electron chi connectivity index (χ2n) is 5.28. The first-order chi connectivity index (χ1) is 9.04. The third-order valence-electron chi connectivity index (χ3n) is 3.73. The monoisotopic (exact) mass is 257 g/mol. The van der Waals surface area contributed by atoms with E-state index >= 15 is 0 Å². The first-order valence-corrected chi connectivity index (χ1v) is 6.93. The van der Waals surface area contributed by atoms with Crippen molar-refractivity contribution in [2.24, 2.45) is 0 Å². The van der Waals surface area contributed by atoms with Crippen LogP contribution >= 0.6 is 0 Å². The van der Waals surface area contributed by atoms with E-state index in [1.807, 2.05) is 10.9 Å². The Bertz CT molecular complexity index is 582. The molecule has 0 radical (unpaired) electrons. The summed E-state index contributed by atoms with van der Waals surface area (Å²) in [5.74, 6) is 0.778. The molecule has 0 atom stereocenters. The van der Waals surface area contributed by atoms with Crippen molar-refractivity contribution in [1.82, 2.24) is 9.55 Å². The van der Waals surface area contributed by atoms with Gasteiger partial charge in [-0.05, 0) is 49.9 Å². The molecule has 3 heteroatoms. The average Bonchev–Trinajstić information content (AvgIpc) is 2.73. The molecule has 0 aliphatic carbocycles. The second kappa shape index (κ2) is 5.47. The maximum atomic E-state index is 6.23. The molecule has 2 aromatic rings. The first kappa shape index (κ1) is 13.7. The van der Waals surface area contributed by atoms with Crippen molar-refractivity contribution in [1.29, 1.82) is 0 Å². The summed E-state index contributed by atoms with van der Waals surface area (Å²) in [4.78, 5) is 4.51. The van der Waals surface area contributed by atoms with Crippen LogP contribution in [-0.2, 0) is 6.54 Å². The second-order valence-corrected chi connectivity index (χ2v) is 5.28. The highest BCUT2D eigenvalue weighted by molar-refractivity contribution is 5.74. The molecular formula is C16H23N3. The molecule has 3 nitrogen and oxygen atoms in total. The number of rotatable bonds is 4. The summed E-state index contributed by atoms with van der Waals surface area (Å²) in [6.07, 6.45) is 4.15. The molecule has 1 heterocycles. The van der Waals surface area contributed by atoms with Gasteiger partial charge in [-0.15, -0.1) is 0 Å². The molecule has 0 spiro atoms. The molecule has 0 amide bonds. The fourth-order valence-corrected chi connectivity index (χ4v) is 2.32. The van der Waals surface area contributed by atoms with E-state index in [4.69, 9.17) is 5.73 Å². The van der Waals surface area contributed by atoms with Crippen LogP contribution in [0, 0.1) is 20.8 Å². The number of benzene rings is 1. The Kier molecular flexibility index (Phi) is 3.93. The molecule has 0 fully saturated rings. The van der Waals surface area contributed by atoms with E-state index in [-0.39, 0.29) is 0 Å². The number of aromatic nitrogens is 2. The quantitative estimate of drug-likeness (QED) is 0.904. The van der Waals surface area contributed by atoms with Crippen molar-refractivity contribution in [3.63, 3.8) is 0 Å². The highest BCUT2D eigenvalue weighted by Gasteiger charge is 2.12. The van der Waals surface area contributed by atoms with Gasteiger partial charge in [-0.1, -0.05) is 19.4 Å². The number of hydrogen-bond acceptors (Lipinski definition) is 2. The summed E-state index contributed by atoms with van der Waals surface area (Å²) in [5, 5.41) is 0. The van der Waals surface area contributed by atoms with Gasteiger partial charge in [-0.25, -0.2) is 4.98 Å². The zero-order valence-electron chi connectivity index (χ0n) is 12.3. The van der Waals surface area contributed by atoms with E-state index in [9.17, 15) is 0 Å². The van der Waals surface area contributed by atoms with E-state index < -0.39 is 0 Å². The lowest BCUT2D eigenvalue weighted by molar-refractivity contribution is 0.637. The maximum absolute atomic E-state index is 6.23. The Hall–Kier alpha value is -1.77. The van der Waals surface area contributed by atoms with E-state index in [1.165, 1.54) is 16.7 Å². The lowest BCUT2D eigenvalue weighted by Gasteiger charge is -2.09.